The molecule has 4 bridgehead atoms. The highest BCUT2D eigenvalue weighted by molar-refractivity contribution is 6.36. The Bertz CT molecular complexity index is 562. The van der Waals surface area contributed by atoms with Crippen molar-refractivity contribution >= 4 is 34.8 Å². The summed E-state index contributed by atoms with van der Waals surface area (Å²) >= 11 is 13.6. The second-order valence-corrected chi connectivity index (χ2v) is 7.70. The van der Waals surface area contributed by atoms with Gasteiger partial charge in [0.25, 0.3) is 17.8 Å². The highest BCUT2D eigenvalue weighted by atomic mass is 35.5. The summed E-state index contributed by atoms with van der Waals surface area (Å²) in [4.78, 5) is -17.9. The second-order valence-electron chi connectivity index (χ2n) is 6.00. The number of halogens is 15. The molecule has 4 aliphatic carbocycles. The minimum atomic E-state index is -6.63. The highest BCUT2D eigenvalue weighted by Gasteiger charge is 3.16. The van der Waals surface area contributed by atoms with E-state index in [1.54, 1.807) is 0 Å². The molecule has 0 unspecified atom stereocenters. The van der Waals surface area contributed by atoms with Crippen LogP contribution < -0.4 is 0 Å². The standard InChI is InChI=1S/C10HCl3F12/c11-5-2(14,15)1-3(16,17)6(12,8(5,20)21)10(24,25)7(13,4(1,18)19)9(5,22)23/h1H. The molecule has 15 heteroatoms. The highest BCUT2D eigenvalue weighted by Crippen LogP contribution is 2.88. The molecule has 4 aliphatic rings. The van der Waals surface area contributed by atoms with Crippen LogP contribution in [-0.4, -0.2) is 50.2 Å². The third-order valence-corrected chi connectivity index (χ3v) is 7.24. The van der Waals surface area contributed by atoms with Crippen molar-refractivity contribution in [3.8, 4) is 0 Å². The molecule has 0 aliphatic heterocycles. The molecule has 0 aromatic rings. The smallest absolute Gasteiger partial charge is 0.203 e. The van der Waals surface area contributed by atoms with E-state index in [2.05, 4.69) is 34.8 Å². The molecule has 0 nitrogen and oxygen atoms in total. The third kappa shape index (κ3) is 1.19. The summed E-state index contributed by atoms with van der Waals surface area (Å²) < 4.78 is 169. The molecule has 0 spiro atoms. The first-order valence-electron chi connectivity index (χ1n) is 5.95. The van der Waals surface area contributed by atoms with E-state index in [9.17, 15) is 52.7 Å². The van der Waals surface area contributed by atoms with E-state index in [1.807, 2.05) is 0 Å². The summed E-state index contributed by atoms with van der Waals surface area (Å²) in [5.41, 5.74) is 0. The molecule has 0 amide bonds. The van der Waals surface area contributed by atoms with Gasteiger partial charge < -0.3 is 0 Å². The molecule has 0 radical (unpaired) electrons. The van der Waals surface area contributed by atoms with Crippen molar-refractivity contribution in [2.45, 2.75) is 50.2 Å². The van der Waals surface area contributed by atoms with Crippen molar-refractivity contribution in [1.82, 2.24) is 0 Å². The lowest BCUT2D eigenvalue weighted by molar-refractivity contribution is -0.492. The van der Waals surface area contributed by atoms with Crippen molar-refractivity contribution in [1.29, 1.82) is 0 Å². The van der Waals surface area contributed by atoms with E-state index in [4.69, 9.17) is 0 Å². The van der Waals surface area contributed by atoms with E-state index < -0.39 is 56.1 Å². The zero-order valence-electron chi connectivity index (χ0n) is 10.7. The third-order valence-electron chi connectivity index (χ3n) is 5.06. The molecule has 4 saturated carbocycles. The quantitative estimate of drug-likeness (QED) is 0.340. The van der Waals surface area contributed by atoms with Gasteiger partial charge in [-0.3, -0.25) is 0 Å². The predicted octanol–water partition coefficient (Wildman–Crippen LogP) is 5.39. The number of rotatable bonds is 0. The van der Waals surface area contributed by atoms with Crippen LogP contribution in [-0.2, 0) is 0 Å². The summed E-state index contributed by atoms with van der Waals surface area (Å²) in [5.74, 6) is -44.3. The van der Waals surface area contributed by atoms with Crippen molar-refractivity contribution in [2.75, 3.05) is 0 Å². The van der Waals surface area contributed by atoms with Crippen LogP contribution in [0.1, 0.15) is 0 Å². The van der Waals surface area contributed by atoms with Crippen molar-refractivity contribution in [3.05, 3.63) is 0 Å². The lowest BCUT2D eigenvalue weighted by atomic mass is 9.44. The van der Waals surface area contributed by atoms with Gasteiger partial charge in [-0.05, 0) is 0 Å². The summed E-state index contributed by atoms with van der Waals surface area (Å²) in [6.45, 7) is 0. The minimum absolute atomic E-state index is 4.55. The maximum absolute atomic E-state index is 14.2. The molecule has 0 N–H and O–H groups in total. The number of hydrogen-bond acceptors (Lipinski definition) is 0. The molecular weight excluding hydrogens is 454 g/mol. The molecule has 25 heavy (non-hydrogen) atoms. The SMILES string of the molecule is FC1(F)C2C(F)(F)C3(Cl)C(F)(F)C1(Cl)C(F)(F)C(Cl)(C2(F)F)C3(F)F. The Hall–Kier alpha value is 0.0300. The molecule has 146 valence electrons. The van der Waals surface area contributed by atoms with Gasteiger partial charge in [-0.1, -0.05) is 34.8 Å². The van der Waals surface area contributed by atoms with E-state index in [0.29, 0.717) is 0 Å². The lowest BCUT2D eigenvalue weighted by Crippen LogP contribution is -3.04. The molecule has 0 saturated heterocycles. The largest absolute Gasteiger partial charge is 0.309 e. The molecular formula is C10HCl3F12. The zero-order valence-corrected chi connectivity index (χ0v) is 13.0. The average Bonchev–Trinajstić information content (AvgIpc) is 2.38. The van der Waals surface area contributed by atoms with E-state index >= 15 is 0 Å². The van der Waals surface area contributed by atoms with Crippen LogP contribution in [0, 0.1) is 5.92 Å². The van der Waals surface area contributed by atoms with Crippen molar-refractivity contribution in [2.24, 2.45) is 5.92 Å². The summed E-state index contributed by atoms with van der Waals surface area (Å²) in [6.07, 6.45) is 0. The summed E-state index contributed by atoms with van der Waals surface area (Å²) in [6, 6.07) is 0. The van der Waals surface area contributed by atoms with Crippen LogP contribution in [0.2, 0.25) is 0 Å². The van der Waals surface area contributed by atoms with Gasteiger partial charge in [0.1, 0.15) is 0 Å². The molecule has 4 rings (SSSR count). The minimum Gasteiger partial charge on any atom is -0.203 e. The van der Waals surface area contributed by atoms with E-state index in [1.165, 1.54) is 0 Å². The van der Waals surface area contributed by atoms with Crippen LogP contribution in [0.25, 0.3) is 0 Å². The topological polar surface area (TPSA) is 0 Å². The Morgan fingerprint density at radius 2 is 0.560 bits per heavy atom. The van der Waals surface area contributed by atoms with Gasteiger partial charge >= 0.3 is 17.8 Å². The first kappa shape index (κ1) is 19.8. The first-order chi connectivity index (χ1) is 10.6. The fraction of sp³-hybridized carbons (Fsp3) is 1.00. The van der Waals surface area contributed by atoms with Gasteiger partial charge in [0.05, 0.1) is 0 Å². The molecule has 0 aromatic carbocycles. The predicted molar refractivity (Wildman–Crippen MR) is 58.9 cm³/mol. The van der Waals surface area contributed by atoms with Crippen LogP contribution in [0.3, 0.4) is 0 Å². The van der Waals surface area contributed by atoms with Crippen molar-refractivity contribution < 1.29 is 52.7 Å². The summed E-state index contributed by atoms with van der Waals surface area (Å²) in [5, 5.41) is 0. The number of hydrogen-bond donors (Lipinski definition) is 0. The van der Waals surface area contributed by atoms with Crippen LogP contribution in [0.15, 0.2) is 0 Å². The fourth-order valence-corrected chi connectivity index (χ4v) is 5.16. The maximum Gasteiger partial charge on any atom is 0.309 e. The maximum atomic E-state index is 14.2. The second kappa shape index (κ2) is 3.92. The van der Waals surface area contributed by atoms with Crippen LogP contribution in [0.4, 0.5) is 52.7 Å². The monoisotopic (exact) mass is 454 g/mol. The summed E-state index contributed by atoms with van der Waals surface area (Å²) in [7, 11) is 0. The zero-order chi connectivity index (χ0) is 20.1. The Kier molecular flexibility index (Phi) is 3.10. The molecule has 0 atom stereocenters. The normalized spacial score (nSPS) is 52.2. The van der Waals surface area contributed by atoms with Crippen LogP contribution >= 0.6 is 34.8 Å². The van der Waals surface area contributed by atoms with Gasteiger partial charge in [-0.15, -0.1) is 0 Å². The van der Waals surface area contributed by atoms with Gasteiger partial charge in [0.15, 0.2) is 5.92 Å². The van der Waals surface area contributed by atoms with E-state index in [-0.39, 0.29) is 0 Å². The van der Waals surface area contributed by atoms with Gasteiger partial charge in [0.2, 0.25) is 14.6 Å². The van der Waals surface area contributed by atoms with E-state index in [0.717, 1.165) is 0 Å². The Morgan fingerprint density at radius 1 is 0.400 bits per heavy atom. The lowest BCUT2D eigenvalue weighted by Gasteiger charge is -2.74. The fourth-order valence-electron chi connectivity index (χ4n) is 3.84. The first-order valence-corrected chi connectivity index (χ1v) is 7.08. The Labute approximate surface area is 144 Å². The Morgan fingerprint density at radius 3 is 0.720 bits per heavy atom. The molecule has 0 heterocycles. The average molecular weight is 455 g/mol. The number of alkyl halides is 15. The van der Waals surface area contributed by atoms with Gasteiger partial charge in [-0.2, -0.15) is 0 Å². The Balaban J connectivity index is 2.64. The van der Waals surface area contributed by atoms with Crippen LogP contribution in [0.5, 0.6) is 0 Å². The molecule has 0 aromatic heterocycles. The van der Waals surface area contributed by atoms with Gasteiger partial charge in [0, 0.05) is 0 Å². The molecule has 4 fully saturated rings. The van der Waals surface area contributed by atoms with Crippen molar-refractivity contribution in [3.63, 3.8) is 0 Å². The van der Waals surface area contributed by atoms with Gasteiger partial charge in [-0.25, -0.2) is 52.7 Å².